The number of nitrogens with one attached hydrogen (secondary N) is 1. The number of rotatable bonds is 2. The number of hydrogen-bond acceptors (Lipinski definition) is 4. The third kappa shape index (κ3) is 3.10. The number of anilines is 1. The molecular weight excluding hydrogens is 411 g/mol. The highest BCUT2D eigenvalue weighted by molar-refractivity contribution is 14.1. The molecule has 0 atom stereocenters. The van der Waals surface area contributed by atoms with Crippen LogP contribution >= 0.6 is 22.6 Å². The maximum Gasteiger partial charge on any atom is 0.126 e. The fraction of sp³-hybridized carbons (Fsp3) is 0.263. The van der Waals surface area contributed by atoms with Gasteiger partial charge in [-0.25, -0.2) is 9.97 Å². The van der Waals surface area contributed by atoms with Gasteiger partial charge in [-0.05, 0) is 59.8 Å². The summed E-state index contributed by atoms with van der Waals surface area (Å²) < 4.78 is 1.20. The molecule has 1 N–H and O–H groups in total. The third-order valence-electron chi connectivity index (χ3n) is 4.37. The zero-order valence-corrected chi connectivity index (χ0v) is 15.7. The van der Waals surface area contributed by atoms with Crippen molar-refractivity contribution in [2.24, 2.45) is 0 Å². The van der Waals surface area contributed by atoms with Crippen LogP contribution in [0, 0.1) is 10.5 Å². The molecule has 0 saturated carbocycles. The molecule has 1 aliphatic heterocycles. The van der Waals surface area contributed by atoms with Crippen LogP contribution in [-0.2, 0) is 0 Å². The number of benzene rings is 2. The summed E-state index contributed by atoms with van der Waals surface area (Å²) >= 11 is 2.34. The number of aromatic nitrogens is 2. The molecule has 1 saturated heterocycles. The van der Waals surface area contributed by atoms with Gasteiger partial charge in [0.25, 0.3) is 0 Å². The van der Waals surface area contributed by atoms with Crippen molar-refractivity contribution in [1.82, 2.24) is 15.3 Å². The molecule has 24 heavy (non-hydrogen) atoms. The van der Waals surface area contributed by atoms with E-state index in [1.165, 1.54) is 9.26 Å². The van der Waals surface area contributed by atoms with Crippen LogP contribution < -0.4 is 10.2 Å². The van der Waals surface area contributed by atoms with Gasteiger partial charge >= 0.3 is 0 Å². The quantitative estimate of drug-likeness (QED) is 0.631. The Hall–Kier alpha value is -1.73. The maximum atomic E-state index is 4.75. The SMILES string of the molecule is Cc1nc(-c2cccc(N3CCNCC3)c2)c2cc(I)ccc2n1. The predicted molar refractivity (Wildman–Crippen MR) is 108 cm³/mol. The van der Waals surface area contributed by atoms with Crippen LogP contribution in [0.25, 0.3) is 22.2 Å². The lowest BCUT2D eigenvalue weighted by molar-refractivity contribution is 0.589. The van der Waals surface area contributed by atoms with Crippen LogP contribution in [0.4, 0.5) is 5.69 Å². The lowest BCUT2D eigenvalue weighted by atomic mass is 10.1. The number of nitrogens with zero attached hydrogens (tertiary/aromatic N) is 3. The first-order valence-corrected chi connectivity index (χ1v) is 9.28. The Morgan fingerprint density at radius 3 is 2.71 bits per heavy atom. The number of fused-ring (bicyclic) bond motifs is 1. The minimum Gasteiger partial charge on any atom is -0.369 e. The van der Waals surface area contributed by atoms with E-state index in [0.717, 1.165) is 54.2 Å². The van der Waals surface area contributed by atoms with Gasteiger partial charge in [-0.3, -0.25) is 0 Å². The van der Waals surface area contributed by atoms with Gasteiger partial charge in [-0.2, -0.15) is 0 Å². The normalized spacial score (nSPS) is 15.0. The largest absolute Gasteiger partial charge is 0.369 e. The average Bonchev–Trinajstić information content (AvgIpc) is 2.62. The molecule has 0 aliphatic carbocycles. The second-order valence-electron chi connectivity index (χ2n) is 6.07. The third-order valence-corrected chi connectivity index (χ3v) is 5.04. The van der Waals surface area contributed by atoms with Crippen molar-refractivity contribution in [1.29, 1.82) is 0 Å². The second-order valence-corrected chi connectivity index (χ2v) is 7.31. The van der Waals surface area contributed by atoms with E-state index in [0.29, 0.717) is 0 Å². The van der Waals surface area contributed by atoms with Crippen LogP contribution in [0.1, 0.15) is 5.82 Å². The average molecular weight is 430 g/mol. The van der Waals surface area contributed by atoms with Crippen molar-refractivity contribution in [3.63, 3.8) is 0 Å². The van der Waals surface area contributed by atoms with Crippen molar-refractivity contribution >= 4 is 39.2 Å². The molecule has 5 heteroatoms. The van der Waals surface area contributed by atoms with Crippen molar-refractivity contribution in [3.05, 3.63) is 51.9 Å². The fourth-order valence-electron chi connectivity index (χ4n) is 3.21. The number of halogens is 1. The predicted octanol–water partition coefficient (Wildman–Crippen LogP) is 3.62. The molecule has 0 radical (unpaired) electrons. The monoisotopic (exact) mass is 430 g/mol. The van der Waals surface area contributed by atoms with Crippen molar-refractivity contribution in [2.75, 3.05) is 31.1 Å². The van der Waals surface area contributed by atoms with E-state index >= 15 is 0 Å². The molecule has 2 aromatic carbocycles. The van der Waals surface area contributed by atoms with Gasteiger partial charge in [0, 0.05) is 46.4 Å². The van der Waals surface area contributed by atoms with E-state index in [4.69, 9.17) is 4.98 Å². The highest BCUT2D eigenvalue weighted by atomic mass is 127. The van der Waals surface area contributed by atoms with E-state index in [-0.39, 0.29) is 0 Å². The first kappa shape index (κ1) is 15.8. The second kappa shape index (κ2) is 6.64. The van der Waals surface area contributed by atoms with Crippen molar-refractivity contribution in [3.8, 4) is 11.3 Å². The smallest absolute Gasteiger partial charge is 0.126 e. The Bertz CT molecular complexity index is 888. The van der Waals surface area contributed by atoms with Crippen LogP contribution in [-0.4, -0.2) is 36.1 Å². The molecule has 1 fully saturated rings. The Labute approximate surface area is 155 Å². The molecule has 1 aliphatic rings. The van der Waals surface area contributed by atoms with E-state index in [1.54, 1.807) is 0 Å². The molecule has 1 aromatic heterocycles. The summed E-state index contributed by atoms with van der Waals surface area (Å²) in [6, 6.07) is 15.1. The number of aryl methyl sites for hydroxylation is 1. The summed E-state index contributed by atoms with van der Waals surface area (Å²) in [6.07, 6.45) is 0. The Morgan fingerprint density at radius 2 is 1.88 bits per heavy atom. The molecule has 0 bridgehead atoms. The summed E-state index contributed by atoms with van der Waals surface area (Å²) in [5.41, 5.74) is 4.45. The van der Waals surface area contributed by atoms with Gasteiger partial charge in [-0.1, -0.05) is 12.1 Å². The molecular formula is C19H19IN4. The van der Waals surface area contributed by atoms with Crippen LogP contribution in [0.2, 0.25) is 0 Å². The molecule has 0 unspecified atom stereocenters. The summed E-state index contributed by atoms with van der Waals surface area (Å²) in [5.74, 6) is 0.811. The van der Waals surface area contributed by atoms with E-state index in [2.05, 4.69) is 80.3 Å². The minimum atomic E-state index is 0.811. The zero-order chi connectivity index (χ0) is 16.5. The Balaban J connectivity index is 1.84. The summed E-state index contributed by atoms with van der Waals surface area (Å²) in [4.78, 5) is 11.8. The van der Waals surface area contributed by atoms with E-state index < -0.39 is 0 Å². The highest BCUT2D eigenvalue weighted by Gasteiger charge is 2.13. The first-order chi connectivity index (χ1) is 11.7. The minimum absolute atomic E-state index is 0.811. The molecule has 0 spiro atoms. The Kier molecular flexibility index (Phi) is 4.37. The van der Waals surface area contributed by atoms with Gasteiger partial charge in [0.2, 0.25) is 0 Å². The summed E-state index contributed by atoms with van der Waals surface area (Å²) in [6.45, 7) is 6.13. The number of piperazine rings is 1. The van der Waals surface area contributed by atoms with Gasteiger partial charge in [-0.15, -0.1) is 0 Å². The molecule has 4 nitrogen and oxygen atoms in total. The van der Waals surface area contributed by atoms with Crippen molar-refractivity contribution in [2.45, 2.75) is 6.92 Å². The van der Waals surface area contributed by atoms with Gasteiger partial charge in [0.05, 0.1) is 11.2 Å². The lowest BCUT2D eigenvalue weighted by Crippen LogP contribution is -2.43. The van der Waals surface area contributed by atoms with Crippen molar-refractivity contribution < 1.29 is 0 Å². The van der Waals surface area contributed by atoms with Crippen LogP contribution in [0.5, 0.6) is 0 Å². The topological polar surface area (TPSA) is 41.1 Å². The Morgan fingerprint density at radius 1 is 1.04 bits per heavy atom. The molecule has 2 heterocycles. The van der Waals surface area contributed by atoms with Gasteiger partial charge in [0.15, 0.2) is 0 Å². The maximum absolute atomic E-state index is 4.75. The molecule has 122 valence electrons. The zero-order valence-electron chi connectivity index (χ0n) is 13.6. The lowest BCUT2D eigenvalue weighted by Gasteiger charge is -2.29. The van der Waals surface area contributed by atoms with E-state index in [1.807, 2.05) is 6.92 Å². The summed E-state index contributed by atoms with van der Waals surface area (Å²) in [5, 5.41) is 4.52. The standard InChI is InChI=1S/C19H19IN4/c1-13-22-18-6-5-15(20)12-17(18)19(23-13)14-3-2-4-16(11-14)24-9-7-21-8-10-24/h2-6,11-12,21H,7-10H2,1H3. The first-order valence-electron chi connectivity index (χ1n) is 8.21. The number of hydrogen-bond donors (Lipinski definition) is 1. The molecule has 0 amide bonds. The fourth-order valence-corrected chi connectivity index (χ4v) is 3.70. The molecule has 3 aromatic rings. The van der Waals surface area contributed by atoms with Gasteiger partial charge in [0.1, 0.15) is 5.82 Å². The van der Waals surface area contributed by atoms with Gasteiger partial charge < -0.3 is 10.2 Å². The highest BCUT2D eigenvalue weighted by Crippen LogP contribution is 2.30. The van der Waals surface area contributed by atoms with Crippen LogP contribution in [0.3, 0.4) is 0 Å². The molecule has 4 rings (SSSR count). The van der Waals surface area contributed by atoms with E-state index in [9.17, 15) is 0 Å². The van der Waals surface area contributed by atoms with Crippen LogP contribution in [0.15, 0.2) is 42.5 Å². The summed E-state index contributed by atoms with van der Waals surface area (Å²) in [7, 11) is 0.